The van der Waals surface area contributed by atoms with E-state index in [1.165, 1.54) is 6.92 Å². The van der Waals surface area contributed by atoms with Crippen LogP contribution in [0.4, 0.5) is 0 Å². The van der Waals surface area contributed by atoms with Crippen molar-refractivity contribution in [1.82, 2.24) is 10.2 Å². The highest BCUT2D eigenvalue weighted by Crippen LogP contribution is 2.27. The number of nitrogens with one attached hydrogen (secondary N) is 1. The minimum atomic E-state index is -0.0656. The molecule has 5 heteroatoms. The summed E-state index contributed by atoms with van der Waals surface area (Å²) in [6.45, 7) is 2.58. The summed E-state index contributed by atoms with van der Waals surface area (Å²) in [6, 6.07) is 0. The first-order chi connectivity index (χ1) is 6.16. The highest BCUT2D eigenvalue weighted by atomic mass is 16.5. The fourth-order valence-electron chi connectivity index (χ4n) is 1.62. The average Bonchev–Trinajstić information content (AvgIpc) is 2.39. The third kappa shape index (κ3) is 1.51. The molecule has 0 aliphatic carbocycles. The monoisotopic (exact) mass is 184 g/mol. The molecule has 0 aromatic rings. The Balaban J connectivity index is 1.78. The molecule has 0 radical (unpaired) electrons. The summed E-state index contributed by atoms with van der Waals surface area (Å²) in [5, 5.41) is 2.67. The van der Waals surface area contributed by atoms with E-state index in [-0.39, 0.29) is 24.1 Å². The minimum absolute atomic E-state index is 0.0220. The number of nitrogens with zero attached hydrogens (tertiary/aromatic N) is 1. The smallest absolute Gasteiger partial charge is 0.229 e. The van der Waals surface area contributed by atoms with Crippen LogP contribution in [0.25, 0.3) is 0 Å². The Hall–Kier alpha value is -1.10. The number of rotatable bonds is 2. The molecule has 0 saturated carbocycles. The van der Waals surface area contributed by atoms with E-state index >= 15 is 0 Å². The van der Waals surface area contributed by atoms with Gasteiger partial charge in [-0.1, -0.05) is 0 Å². The van der Waals surface area contributed by atoms with Gasteiger partial charge in [0.15, 0.2) is 0 Å². The third-order valence-electron chi connectivity index (χ3n) is 2.35. The lowest BCUT2D eigenvalue weighted by molar-refractivity contribution is -0.156. The first-order valence-electron chi connectivity index (χ1n) is 4.36. The average molecular weight is 184 g/mol. The highest BCUT2D eigenvalue weighted by Gasteiger charge is 2.44. The van der Waals surface area contributed by atoms with Crippen molar-refractivity contribution in [3.63, 3.8) is 0 Å². The molecule has 1 N–H and O–H groups in total. The van der Waals surface area contributed by atoms with E-state index < -0.39 is 0 Å². The normalized spacial score (nSPS) is 31.2. The maximum atomic E-state index is 11.0. The third-order valence-corrected chi connectivity index (χ3v) is 2.35. The molecule has 13 heavy (non-hydrogen) atoms. The Morgan fingerprint density at radius 3 is 3.08 bits per heavy atom. The molecule has 2 aliphatic heterocycles. The minimum Gasteiger partial charge on any atom is -0.354 e. The zero-order valence-corrected chi connectivity index (χ0v) is 7.45. The quantitative estimate of drug-likeness (QED) is 0.565. The summed E-state index contributed by atoms with van der Waals surface area (Å²) in [5.41, 5.74) is 0. The number of fused-ring (bicyclic) bond motifs is 1. The molecule has 72 valence electrons. The topological polar surface area (TPSA) is 58.6 Å². The predicted molar refractivity (Wildman–Crippen MR) is 43.7 cm³/mol. The highest BCUT2D eigenvalue weighted by molar-refractivity contribution is 5.83. The second kappa shape index (κ2) is 2.99. The molecular formula is C8H12N2O3. The van der Waals surface area contributed by atoms with Gasteiger partial charge in [0.2, 0.25) is 11.8 Å². The van der Waals surface area contributed by atoms with Crippen LogP contribution in [0, 0.1) is 0 Å². The SMILES string of the molecule is CC(=O)NC[C@@H]1CN2C(=O)C[C@H]2O1. The van der Waals surface area contributed by atoms with Crippen LogP contribution in [0.15, 0.2) is 0 Å². The van der Waals surface area contributed by atoms with Crippen molar-refractivity contribution < 1.29 is 14.3 Å². The molecule has 0 aromatic heterocycles. The van der Waals surface area contributed by atoms with E-state index in [0.717, 1.165) is 0 Å². The number of amides is 2. The van der Waals surface area contributed by atoms with Crippen LogP contribution in [-0.2, 0) is 14.3 Å². The maximum Gasteiger partial charge on any atom is 0.229 e. The standard InChI is InChI=1S/C8H12N2O3/c1-5(11)9-3-6-4-10-7(12)2-8(10)13-6/h6,8H,2-4H2,1H3,(H,9,11)/t6-,8-/m1/s1. The second-order valence-corrected chi connectivity index (χ2v) is 3.40. The van der Waals surface area contributed by atoms with Crippen molar-refractivity contribution in [2.45, 2.75) is 25.7 Å². The second-order valence-electron chi connectivity index (χ2n) is 3.40. The summed E-state index contributed by atoms with van der Waals surface area (Å²) in [4.78, 5) is 23.3. The molecule has 2 heterocycles. The van der Waals surface area contributed by atoms with Crippen LogP contribution < -0.4 is 5.32 Å². The van der Waals surface area contributed by atoms with Crippen LogP contribution in [0.2, 0.25) is 0 Å². The first-order valence-corrected chi connectivity index (χ1v) is 4.36. The fourth-order valence-corrected chi connectivity index (χ4v) is 1.62. The Morgan fingerprint density at radius 2 is 2.54 bits per heavy atom. The molecule has 0 spiro atoms. The van der Waals surface area contributed by atoms with Crippen molar-refractivity contribution in [3.05, 3.63) is 0 Å². The van der Waals surface area contributed by atoms with E-state index in [1.54, 1.807) is 4.90 Å². The van der Waals surface area contributed by atoms with Gasteiger partial charge in [-0.2, -0.15) is 0 Å². The molecule has 2 amide bonds. The van der Waals surface area contributed by atoms with Crippen LogP contribution >= 0.6 is 0 Å². The zero-order chi connectivity index (χ0) is 9.42. The van der Waals surface area contributed by atoms with Crippen LogP contribution in [0.5, 0.6) is 0 Å². The van der Waals surface area contributed by atoms with Gasteiger partial charge in [0.25, 0.3) is 0 Å². The number of ether oxygens (including phenoxy) is 1. The lowest BCUT2D eigenvalue weighted by Gasteiger charge is -2.31. The molecule has 2 atom stereocenters. The van der Waals surface area contributed by atoms with E-state index in [4.69, 9.17) is 4.74 Å². The van der Waals surface area contributed by atoms with Gasteiger partial charge < -0.3 is 15.0 Å². The largest absolute Gasteiger partial charge is 0.354 e. The molecule has 2 rings (SSSR count). The fraction of sp³-hybridized carbons (Fsp3) is 0.750. The Kier molecular flexibility index (Phi) is 1.95. The van der Waals surface area contributed by atoms with E-state index in [2.05, 4.69) is 5.32 Å². The summed E-state index contributed by atoms with van der Waals surface area (Å²) in [6.07, 6.45) is 0.447. The zero-order valence-electron chi connectivity index (χ0n) is 7.45. The molecule has 0 bridgehead atoms. The molecular weight excluding hydrogens is 172 g/mol. The van der Waals surface area contributed by atoms with Crippen molar-refractivity contribution in [2.24, 2.45) is 0 Å². The Labute approximate surface area is 76.0 Å². The van der Waals surface area contributed by atoms with Crippen molar-refractivity contribution in [3.8, 4) is 0 Å². The Bertz CT molecular complexity index is 254. The predicted octanol–water partition coefficient (Wildman–Crippen LogP) is -0.920. The summed E-state index contributed by atoms with van der Waals surface area (Å²) in [5.74, 6) is 0.0829. The van der Waals surface area contributed by atoms with Crippen LogP contribution in [-0.4, -0.2) is 42.1 Å². The van der Waals surface area contributed by atoms with Crippen molar-refractivity contribution in [2.75, 3.05) is 13.1 Å². The number of hydrogen-bond acceptors (Lipinski definition) is 3. The molecule has 0 aromatic carbocycles. The number of β-lactam (4-membered cyclic amide) rings is 1. The molecule has 2 fully saturated rings. The lowest BCUT2D eigenvalue weighted by Crippen LogP contribution is -2.48. The van der Waals surface area contributed by atoms with Gasteiger partial charge in [-0.3, -0.25) is 9.59 Å². The van der Waals surface area contributed by atoms with E-state index in [9.17, 15) is 9.59 Å². The van der Waals surface area contributed by atoms with Crippen molar-refractivity contribution >= 4 is 11.8 Å². The maximum absolute atomic E-state index is 11.0. The molecule has 5 nitrogen and oxygen atoms in total. The van der Waals surface area contributed by atoms with Gasteiger partial charge in [0, 0.05) is 13.5 Å². The number of carbonyl (C=O) groups is 2. The van der Waals surface area contributed by atoms with Gasteiger partial charge in [0.05, 0.1) is 19.1 Å². The molecule has 0 unspecified atom stereocenters. The van der Waals surface area contributed by atoms with Crippen LogP contribution in [0.3, 0.4) is 0 Å². The van der Waals surface area contributed by atoms with Crippen molar-refractivity contribution in [1.29, 1.82) is 0 Å². The number of carbonyl (C=O) groups excluding carboxylic acids is 2. The van der Waals surface area contributed by atoms with Gasteiger partial charge in [-0.15, -0.1) is 0 Å². The van der Waals surface area contributed by atoms with Crippen LogP contribution in [0.1, 0.15) is 13.3 Å². The first kappa shape index (κ1) is 8.50. The molecule has 2 aliphatic rings. The van der Waals surface area contributed by atoms with Gasteiger partial charge in [-0.05, 0) is 0 Å². The van der Waals surface area contributed by atoms with Gasteiger partial charge >= 0.3 is 0 Å². The summed E-state index contributed by atoms with van der Waals surface area (Å²) in [7, 11) is 0. The molecule has 2 saturated heterocycles. The Morgan fingerprint density at radius 1 is 1.77 bits per heavy atom. The summed E-state index contributed by atoms with van der Waals surface area (Å²) >= 11 is 0. The lowest BCUT2D eigenvalue weighted by atomic mass is 10.2. The van der Waals surface area contributed by atoms with Gasteiger partial charge in [-0.25, -0.2) is 0 Å². The van der Waals surface area contributed by atoms with Gasteiger partial charge in [0.1, 0.15) is 6.23 Å². The number of hydrogen-bond donors (Lipinski definition) is 1. The van der Waals surface area contributed by atoms with E-state index in [1.807, 2.05) is 0 Å². The summed E-state index contributed by atoms with van der Waals surface area (Å²) < 4.78 is 5.47. The van der Waals surface area contributed by atoms with E-state index in [0.29, 0.717) is 19.5 Å².